The molecule has 1 saturated heterocycles. The summed E-state index contributed by atoms with van der Waals surface area (Å²) in [6.07, 6.45) is 1.84. The van der Waals surface area contributed by atoms with Gasteiger partial charge in [-0.3, -0.25) is 4.90 Å². The van der Waals surface area contributed by atoms with Gasteiger partial charge in [-0.25, -0.2) is 4.98 Å². The monoisotopic (exact) mass is 335 g/mol. The molecule has 1 aromatic carbocycles. The minimum Gasteiger partial charge on any atom is -0.354 e. The van der Waals surface area contributed by atoms with E-state index in [0.29, 0.717) is 12.4 Å². The molecule has 0 N–H and O–H groups in total. The Morgan fingerprint density at radius 3 is 2.68 bits per heavy atom. The van der Waals surface area contributed by atoms with E-state index in [1.165, 1.54) is 5.56 Å². The smallest absolute Gasteiger partial charge is 0.257 e. The molecular weight excluding hydrogens is 314 g/mol. The predicted octanol–water partition coefficient (Wildman–Crippen LogP) is 2.76. The molecule has 3 heterocycles. The van der Waals surface area contributed by atoms with Crippen molar-refractivity contribution in [2.75, 3.05) is 31.1 Å². The van der Waals surface area contributed by atoms with Crippen molar-refractivity contribution in [3.63, 3.8) is 0 Å². The van der Waals surface area contributed by atoms with Gasteiger partial charge in [0.15, 0.2) is 5.82 Å². The molecule has 0 aliphatic carbocycles. The highest BCUT2D eigenvalue weighted by atomic mass is 16.5. The highest BCUT2D eigenvalue weighted by Crippen LogP contribution is 2.19. The van der Waals surface area contributed by atoms with E-state index in [4.69, 9.17) is 4.52 Å². The van der Waals surface area contributed by atoms with Gasteiger partial charge in [-0.2, -0.15) is 4.98 Å². The average Bonchev–Trinajstić information content (AvgIpc) is 3.12. The van der Waals surface area contributed by atoms with Crippen LogP contribution in [0.2, 0.25) is 0 Å². The van der Waals surface area contributed by atoms with Gasteiger partial charge in [0.1, 0.15) is 5.82 Å². The van der Waals surface area contributed by atoms with Crippen molar-refractivity contribution in [1.82, 2.24) is 20.0 Å². The van der Waals surface area contributed by atoms with Crippen LogP contribution in [-0.2, 0) is 6.54 Å². The third-order valence-corrected chi connectivity index (χ3v) is 4.44. The maximum atomic E-state index is 5.43. The maximum Gasteiger partial charge on any atom is 0.257 e. The zero-order valence-corrected chi connectivity index (χ0v) is 14.3. The van der Waals surface area contributed by atoms with E-state index in [1.54, 1.807) is 0 Å². The van der Waals surface area contributed by atoms with Crippen molar-refractivity contribution in [2.45, 2.75) is 13.5 Å². The predicted molar refractivity (Wildman–Crippen MR) is 96.2 cm³/mol. The molecule has 0 atom stereocenters. The van der Waals surface area contributed by atoms with Gasteiger partial charge in [-0.1, -0.05) is 28.9 Å². The van der Waals surface area contributed by atoms with Gasteiger partial charge in [0.2, 0.25) is 0 Å². The number of aromatic nitrogens is 3. The summed E-state index contributed by atoms with van der Waals surface area (Å²) in [6, 6.07) is 14.2. The van der Waals surface area contributed by atoms with E-state index in [-0.39, 0.29) is 0 Å². The number of benzene rings is 1. The van der Waals surface area contributed by atoms with E-state index in [1.807, 2.05) is 30.5 Å². The van der Waals surface area contributed by atoms with E-state index < -0.39 is 0 Å². The lowest BCUT2D eigenvalue weighted by Crippen LogP contribution is -2.46. The zero-order chi connectivity index (χ0) is 17.1. The quantitative estimate of drug-likeness (QED) is 0.731. The second-order valence-electron chi connectivity index (χ2n) is 6.34. The number of hydrogen-bond donors (Lipinski definition) is 0. The summed E-state index contributed by atoms with van der Waals surface area (Å²) in [4.78, 5) is 13.6. The van der Waals surface area contributed by atoms with Crippen molar-refractivity contribution in [3.8, 4) is 11.5 Å². The summed E-state index contributed by atoms with van der Waals surface area (Å²) in [7, 11) is 0. The van der Waals surface area contributed by atoms with Crippen molar-refractivity contribution in [2.24, 2.45) is 0 Å². The SMILES string of the molecule is Cc1cccc(-c2nc(CN3CCN(c4ccccn4)CC3)no2)c1. The number of piperazine rings is 1. The van der Waals surface area contributed by atoms with Crippen LogP contribution in [0.4, 0.5) is 5.82 Å². The van der Waals surface area contributed by atoms with E-state index >= 15 is 0 Å². The van der Waals surface area contributed by atoms with Crippen LogP contribution in [0.15, 0.2) is 53.2 Å². The van der Waals surface area contributed by atoms with Gasteiger partial charge in [0.05, 0.1) is 6.54 Å². The first kappa shape index (κ1) is 15.8. The summed E-state index contributed by atoms with van der Waals surface area (Å²) in [5.74, 6) is 2.37. The first-order chi connectivity index (χ1) is 12.3. The molecule has 6 nitrogen and oxygen atoms in total. The Labute approximate surface area is 147 Å². The molecule has 1 aliphatic rings. The summed E-state index contributed by atoms with van der Waals surface area (Å²) in [5.41, 5.74) is 2.15. The normalized spacial score (nSPS) is 15.5. The summed E-state index contributed by atoms with van der Waals surface area (Å²) < 4.78 is 5.43. The Hall–Kier alpha value is -2.73. The molecule has 4 rings (SSSR count). The van der Waals surface area contributed by atoms with Crippen LogP contribution in [0, 0.1) is 6.92 Å². The van der Waals surface area contributed by atoms with Crippen LogP contribution < -0.4 is 4.90 Å². The molecule has 0 unspecified atom stereocenters. The van der Waals surface area contributed by atoms with Gasteiger partial charge in [0.25, 0.3) is 5.89 Å². The van der Waals surface area contributed by atoms with Crippen molar-refractivity contribution in [3.05, 3.63) is 60.0 Å². The van der Waals surface area contributed by atoms with E-state index in [2.05, 4.69) is 50.0 Å². The first-order valence-electron chi connectivity index (χ1n) is 8.56. The summed E-state index contributed by atoms with van der Waals surface area (Å²) >= 11 is 0. The molecule has 0 saturated carbocycles. The Bertz CT molecular complexity index is 825. The summed E-state index contributed by atoms with van der Waals surface area (Å²) in [5, 5.41) is 4.14. The topological polar surface area (TPSA) is 58.3 Å². The maximum absolute atomic E-state index is 5.43. The van der Waals surface area contributed by atoms with Gasteiger partial charge in [0, 0.05) is 37.9 Å². The molecule has 3 aromatic rings. The van der Waals surface area contributed by atoms with Crippen LogP contribution >= 0.6 is 0 Å². The minimum absolute atomic E-state index is 0.589. The molecule has 2 aromatic heterocycles. The van der Waals surface area contributed by atoms with Crippen LogP contribution in [0.1, 0.15) is 11.4 Å². The second-order valence-corrected chi connectivity index (χ2v) is 6.34. The van der Waals surface area contributed by atoms with Gasteiger partial charge in [-0.15, -0.1) is 0 Å². The molecular formula is C19H21N5O. The lowest BCUT2D eigenvalue weighted by Gasteiger charge is -2.34. The molecule has 0 bridgehead atoms. The molecule has 128 valence electrons. The van der Waals surface area contributed by atoms with Crippen molar-refractivity contribution < 1.29 is 4.52 Å². The molecule has 0 spiro atoms. The lowest BCUT2D eigenvalue weighted by atomic mass is 10.1. The van der Waals surface area contributed by atoms with Crippen LogP contribution in [0.5, 0.6) is 0 Å². The Kier molecular flexibility index (Phi) is 4.43. The minimum atomic E-state index is 0.589. The average molecular weight is 335 g/mol. The molecule has 1 fully saturated rings. The van der Waals surface area contributed by atoms with Gasteiger partial charge in [-0.05, 0) is 31.2 Å². The Morgan fingerprint density at radius 2 is 1.92 bits per heavy atom. The van der Waals surface area contributed by atoms with Gasteiger partial charge >= 0.3 is 0 Å². The number of rotatable bonds is 4. The standard InChI is InChI=1S/C19H21N5O/c1-15-5-4-6-16(13-15)19-21-17(22-25-19)14-23-9-11-24(12-10-23)18-7-2-3-8-20-18/h2-8,13H,9-12,14H2,1H3. The first-order valence-corrected chi connectivity index (χ1v) is 8.56. The fourth-order valence-electron chi connectivity index (χ4n) is 3.09. The number of nitrogens with zero attached hydrogens (tertiary/aromatic N) is 5. The zero-order valence-electron chi connectivity index (χ0n) is 14.3. The Balaban J connectivity index is 1.36. The van der Waals surface area contributed by atoms with E-state index in [9.17, 15) is 0 Å². The fourth-order valence-corrected chi connectivity index (χ4v) is 3.09. The van der Waals surface area contributed by atoms with Crippen LogP contribution in [0.3, 0.4) is 0 Å². The number of anilines is 1. The van der Waals surface area contributed by atoms with Crippen molar-refractivity contribution >= 4 is 5.82 Å². The third-order valence-electron chi connectivity index (χ3n) is 4.44. The fraction of sp³-hybridized carbons (Fsp3) is 0.316. The van der Waals surface area contributed by atoms with E-state index in [0.717, 1.165) is 43.4 Å². The van der Waals surface area contributed by atoms with Gasteiger partial charge < -0.3 is 9.42 Å². The highest BCUT2D eigenvalue weighted by molar-refractivity contribution is 5.53. The number of pyridine rings is 1. The highest BCUT2D eigenvalue weighted by Gasteiger charge is 2.20. The molecule has 1 aliphatic heterocycles. The number of hydrogen-bond acceptors (Lipinski definition) is 6. The lowest BCUT2D eigenvalue weighted by molar-refractivity contribution is 0.240. The molecule has 6 heteroatoms. The third kappa shape index (κ3) is 3.69. The van der Waals surface area contributed by atoms with Crippen LogP contribution in [0.25, 0.3) is 11.5 Å². The molecule has 0 amide bonds. The Morgan fingerprint density at radius 1 is 1.04 bits per heavy atom. The summed E-state index contributed by atoms with van der Waals surface area (Å²) in [6.45, 7) is 6.61. The van der Waals surface area contributed by atoms with Crippen molar-refractivity contribution in [1.29, 1.82) is 0 Å². The largest absolute Gasteiger partial charge is 0.354 e. The second kappa shape index (κ2) is 7.03. The van der Waals surface area contributed by atoms with Crippen LogP contribution in [-0.4, -0.2) is 46.2 Å². The molecule has 0 radical (unpaired) electrons. The number of aryl methyl sites for hydroxylation is 1. The molecule has 25 heavy (non-hydrogen) atoms.